The SMILES string of the molecule is C[C@]12CC[C@@H]3c4ccc(O)cc4CC[C@H]3[C@@H]1CC[C@@]2(O)CCCN1CCC(CN2CCN(C[C@H]3OC[C@H](Nc4cncc(C(F)(F)F)n4)[C@@H](O)[C@H]3O)CC2)CC1. The quantitative estimate of drug-likeness (QED) is 0.233. The van der Waals surface area contributed by atoms with Crippen LogP contribution in [0.2, 0.25) is 0 Å². The minimum absolute atomic E-state index is 0.0147. The van der Waals surface area contributed by atoms with E-state index in [1.165, 1.54) is 30.4 Å². The molecule has 0 amide bonds. The first-order valence-electron chi connectivity index (χ1n) is 21.1. The normalized spacial score (nSPS) is 36.2. The van der Waals surface area contributed by atoms with E-state index >= 15 is 0 Å². The van der Waals surface area contributed by atoms with Gasteiger partial charge in [-0.1, -0.05) is 13.0 Å². The van der Waals surface area contributed by atoms with Crippen molar-refractivity contribution in [1.29, 1.82) is 0 Å². The number of rotatable bonds is 10. The maximum absolute atomic E-state index is 13.0. The minimum atomic E-state index is -4.64. The molecular formula is C42H61F3N6O5. The van der Waals surface area contributed by atoms with E-state index in [1.54, 1.807) is 0 Å². The zero-order valence-corrected chi connectivity index (χ0v) is 32.7. The van der Waals surface area contributed by atoms with E-state index in [0.29, 0.717) is 42.2 Å². The second-order valence-corrected chi connectivity index (χ2v) is 18.2. The Kier molecular flexibility index (Phi) is 11.6. The van der Waals surface area contributed by atoms with Crippen LogP contribution in [0.5, 0.6) is 5.75 Å². The molecule has 11 nitrogen and oxygen atoms in total. The number of hydrogen-bond donors (Lipinski definition) is 5. The van der Waals surface area contributed by atoms with Crippen LogP contribution in [0.4, 0.5) is 19.0 Å². The van der Waals surface area contributed by atoms with Gasteiger partial charge in [-0.25, -0.2) is 4.98 Å². The van der Waals surface area contributed by atoms with Gasteiger partial charge in [-0.15, -0.1) is 0 Å². The van der Waals surface area contributed by atoms with Crippen molar-refractivity contribution in [3.63, 3.8) is 0 Å². The Labute approximate surface area is 328 Å². The summed E-state index contributed by atoms with van der Waals surface area (Å²) in [6, 6.07) is 5.16. The Balaban J connectivity index is 0.726. The predicted octanol–water partition coefficient (Wildman–Crippen LogP) is 4.50. The number of aliphatic hydroxyl groups is 3. The first-order chi connectivity index (χ1) is 26.8. The number of aryl methyl sites for hydroxylation is 1. The van der Waals surface area contributed by atoms with Crippen LogP contribution in [0.25, 0.3) is 0 Å². The number of nitrogens with one attached hydrogen (secondary N) is 1. The Morgan fingerprint density at radius 1 is 0.911 bits per heavy atom. The monoisotopic (exact) mass is 786 g/mol. The van der Waals surface area contributed by atoms with Crippen molar-refractivity contribution < 1.29 is 38.3 Å². The summed E-state index contributed by atoms with van der Waals surface area (Å²) in [6.45, 7) is 10.8. The van der Waals surface area contributed by atoms with Crippen molar-refractivity contribution >= 4 is 5.82 Å². The van der Waals surface area contributed by atoms with Crippen LogP contribution in [-0.4, -0.2) is 141 Å². The van der Waals surface area contributed by atoms with Crippen molar-refractivity contribution in [2.45, 2.75) is 113 Å². The molecular weight excluding hydrogens is 725 g/mol. The highest BCUT2D eigenvalue weighted by atomic mass is 19.4. The third-order valence-corrected chi connectivity index (χ3v) is 15.1. The fourth-order valence-corrected chi connectivity index (χ4v) is 11.8. The van der Waals surface area contributed by atoms with Crippen molar-refractivity contribution in [1.82, 2.24) is 24.7 Å². The molecule has 3 aliphatic heterocycles. The number of aromatic hydroxyl groups is 1. The number of ether oxygens (including phenoxy) is 1. The summed E-state index contributed by atoms with van der Waals surface area (Å²) in [5.41, 5.74) is 1.04. The van der Waals surface area contributed by atoms with E-state index in [1.807, 2.05) is 12.1 Å². The molecule has 4 heterocycles. The number of benzene rings is 1. The van der Waals surface area contributed by atoms with E-state index in [-0.39, 0.29) is 17.8 Å². The van der Waals surface area contributed by atoms with Gasteiger partial charge in [0.15, 0.2) is 5.69 Å². The minimum Gasteiger partial charge on any atom is -0.508 e. The van der Waals surface area contributed by atoms with Gasteiger partial charge in [-0.3, -0.25) is 9.88 Å². The Morgan fingerprint density at radius 3 is 2.41 bits per heavy atom. The molecule has 1 aromatic carbocycles. The number of piperidine rings is 1. The first kappa shape index (κ1) is 40.2. The van der Waals surface area contributed by atoms with Crippen molar-refractivity contribution in [2.24, 2.45) is 23.2 Å². The molecule has 6 aliphatic rings. The molecule has 5 N–H and O–H groups in total. The highest BCUT2D eigenvalue weighted by molar-refractivity contribution is 5.40. The van der Waals surface area contributed by atoms with Crippen LogP contribution in [0, 0.1) is 23.2 Å². The Bertz CT molecular complexity index is 1660. The number of phenolic OH excluding ortho intramolecular Hbond substituents is 1. The van der Waals surface area contributed by atoms with Crippen LogP contribution >= 0.6 is 0 Å². The van der Waals surface area contributed by atoms with Crippen LogP contribution in [0.3, 0.4) is 0 Å². The zero-order valence-electron chi connectivity index (χ0n) is 32.7. The van der Waals surface area contributed by atoms with Crippen molar-refractivity contribution in [2.75, 3.05) is 70.8 Å². The molecule has 0 bridgehead atoms. The lowest BCUT2D eigenvalue weighted by Gasteiger charge is -2.53. The van der Waals surface area contributed by atoms with E-state index in [4.69, 9.17) is 4.74 Å². The highest BCUT2D eigenvalue weighted by Gasteiger charge is 2.61. The maximum atomic E-state index is 13.0. The summed E-state index contributed by atoms with van der Waals surface area (Å²) in [4.78, 5) is 14.5. The largest absolute Gasteiger partial charge is 0.508 e. The fraction of sp³-hybridized carbons (Fsp3) is 0.762. The third-order valence-electron chi connectivity index (χ3n) is 15.1. The van der Waals surface area contributed by atoms with Gasteiger partial charge in [0.25, 0.3) is 0 Å². The number of fused-ring (bicyclic) bond motifs is 5. The number of alkyl halides is 3. The number of nitrogens with zero attached hydrogens (tertiary/aromatic N) is 5. The van der Waals surface area contributed by atoms with Gasteiger partial charge in [-0.2, -0.15) is 13.2 Å². The summed E-state index contributed by atoms with van der Waals surface area (Å²) < 4.78 is 45.0. The molecule has 3 aliphatic carbocycles. The van der Waals surface area contributed by atoms with Crippen molar-refractivity contribution in [3.8, 4) is 5.75 Å². The van der Waals surface area contributed by atoms with Crippen LogP contribution < -0.4 is 5.32 Å². The van der Waals surface area contributed by atoms with Gasteiger partial charge < -0.3 is 40.3 Å². The van der Waals surface area contributed by atoms with Crippen LogP contribution in [0.1, 0.15) is 87.4 Å². The summed E-state index contributed by atoms with van der Waals surface area (Å²) in [5, 5.41) is 46.6. The fourth-order valence-electron chi connectivity index (χ4n) is 11.8. The van der Waals surface area contributed by atoms with Crippen molar-refractivity contribution in [3.05, 3.63) is 47.4 Å². The molecule has 56 heavy (non-hydrogen) atoms. The topological polar surface area (TPSA) is 138 Å². The number of likely N-dealkylation sites (tertiary alicyclic amines) is 1. The van der Waals surface area contributed by atoms with Gasteiger partial charge in [-0.05, 0) is 136 Å². The molecule has 310 valence electrons. The lowest BCUT2D eigenvalue weighted by Crippen LogP contribution is -2.59. The smallest absolute Gasteiger partial charge is 0.434 e. The molecule has 3 saturated heterocycles. The van der Waals surface area contributed by atoms with Crippen LogP contribution in [0.15, 0.2) is 30.6 Å². The lowest BCUT2D eigenvalue weighted by atomic mass is 9.53. The van der Waals surface area contributed by atoms with E-state index < -0.39 is 41.8 Å². The molecule has 5 fully saturated rings. The molecule has 2 aromatic rings. The number of halogens is 3. The summed E-state index contributed by atoms with van der Waals surface area (Å²) in [7, 11) is 0. The molecule has 9 atom stereocenters. The van der Waals surface area contributed by atoms with Gasteiger partial charge in [0, 0.05) is 39.3 Å². The second kappa shape index (κ2) is 16.2. The number of phenols is 1. The number of aromatic nitrogens is 2. The number of piperazine rings is 1. The average Bonchev–Trinajstić information content (AvgIpc) is 3.45. The second-order valence-electron chi connectivity index (χ2n) is 18.2. The molecule has 14 heteroatoms. The lowest BCUT2D eigenvalue weighted by molar-refractivity contribution is -0.148. The molecule has 0 unspecified atom stereocenters. The van der Waals surface area contributed by atoms with Gasteiger partial charge in [0.05, 0.1) is 36.7 Å². The first-order valence-corrected chi connectivity index (χ1v) is 21.1. The van der Waals surface area contributed by atoms with E-state index in [0.717, 1.165) is 104 Å². The molecule has 0 spiro atoms. The highest BCUT2D eigenvalue weighted by Crippen LogP contribution is 2.65. The molecule has 2 saturated carbocycles. The molecule has 1 aromatic heterocycles. The predicted molar refractivity (Wildman–Crippen MR) is 205 cm³/mol. The van der Waals surface area contributed by atoms with E-state index in [9.17, 15) is 33.6 Å². The Hall–Kier alpha value is -2.59. The number of aliphatic hydroxyl groups excluding tert-OH is 2. The average molecular weight is 787 g/mol. The van der Waals surface area contributed by atoms with Crippen LogP contribution in [-0.2, 0) is 17.3 Å². The number of anilines is 1. The van der Waals surface area contributed by atoms with E-state index in [2.05, 4.69) is 43.0 Å². The number of hydrogen-bond acceptors (Lipinski definition) is 11. The molecule has 8 rings (SSSR count). The molecule has 0 radical (unpaired) electrons. The van der Waals surface area contributed by atoms with Gasteiger partial charge in [0.2, 0.25) is 0 Å². The van der Waals surface area contributed by atoms with Gasteiger partial charge in [0.1, 0.15) is 23.8 Å². The third kappa shape index (κ3) is 8.18. The van der Waals surface area contributed by atoms with Gasteiger partial charge >= 0.3 is 6.18 Å². The summed E-state index contributed by atoms with van der Waals surface area (Å²) >= 11 is 0. The Morgan fingerprint density at radius 2 is 1.66 bits per heavy atom. The zero-order chi connectivity index (χ0) is 39.2. The maximum Gasteiger partial charge on any atom is 0.434 e. The summed E-state index contributed by atoms with van der Waals surface area (Å²) in [6.07, 6.45) is 4.89. The summed E-state index contributed by atoms with van der Waals surface area (Å²) in [5.74, 6) is 2.67. The standard InChI is InChI=1S/C42H61F3N6O5/c1-40-12-7-31-30-6-4-29(52)21-28(30)3-5-32(31)33(40)8-13-41(40,55)11-2-14-49-15-9-27(10-16-49)24-50-17-19-51(20-18-50)25-35-39(54)38(53)34(26-56-35)47-37-23-46-22-36(48-37)42(43,44)45/h4,6,21-23,27,31-35,38-39,52-55H,2-3,5,7-20,24-26H2,1H3,(H,47,48)/t31-,32-,33+,34+,35-,38-,39+,40+,41+/m1/s1.